The van der Waals surface area contributed by atoms with Crippen molar-refractivity contribution in [2.75, 3.05) is 17.2 Å². The lowest BCUT2D eigenvalue weighted by molar-refractivity contribution is 0.0526. The molecule has 3 rings (SSSR count). The van der Waals surface area contributed by atoms with Crippen molar-refractivity contribution in [3.63, 3.8) is 0 Å². The van der Waals surface area contributed by atoms with Gasteiger partial charge in [0.05, 0.1) is 12.2 Å². The van der Waals surface area contributed by atoms with Crippen LogP contribution in [-0.4, -0.2) is 23.5 Å². The van der Waals surface area contributed by atoms with Crippen LogP contribution >= 0.6 is 0 Å². The zero-order valence-electron chi connectivity index (χ0n) is 15.7. The largest absolute Gasteiger partial charge is 0.462 e. The standard InChI is InChI=1S/C22H21N3O3/c1-3-28-22(27)16-8-10-17(11-9-16)25-21(26)20-14-18(12-13-23-20)24-19-7-5-4-6-15(19)2/h4-14H,3H2,1-2H3,(H,23,24)(H,25,26). The van der Waals surface area contributed by atoms with Crippen molar-refractivity contribution < 1.29 is 14.3 Å². The van der Waals surface area contributed by atoms with Crippen LogP contribution in [0.1, 0.15) is 33.3 Å². The predicted molar refractivity (Wildman–Crippen MR) is 109 cm³/mol. The Bertz CT molecular complexity index is 984. The Morgan fingerprint density at radius 1 is 1.00 bits per heavy atom. The first-order valence-corrected chi connectivity index (χ1v) is 8.94. The van der Waals surface area contributed by atoms with Gasteiger partial charge in [-0.1, -0.05) is 18.2 Å². The van der Waals surface area contributed by atoms with Crippen molar-refractivity contribution in [1.29, 1.82) is 0 Å². The van der Waals surface area contributed by atoms with Crippen LogP contribution in [-0.2, 0) is 4.74 Å². The first-order chi connectivity index (χ1) is 13.6. The average molecular weight is 375 g/mol. The third kappa shape index (κ3) is 4.73. The van der Waals surface area contributed by atoms with Gasteiger partial charge in [-0.15, -0.1) is 0 Å². The number of esters is 1. The highest BCUT2D eigenvalue weighted by atomic mass is 16.5. The van der Waals surface area contributed by atoms with Gasteiger partial charge in [0.15, 0.2) is 0 Å². The second-order valence-electron chi connectivity index (χ2n) is 6.12. The number of ether oxygens (including phenoxy) is 1. The Balaban J connectivity index is 1.69. The zero-order chi connectivity index (χ0) is 19.9. The van der Waals surface area contributed by atoms with Crippen LogP contribution in [0.4, 0.5) is 17.1 Å². The molecule has 0 aliphatic carbocycles. The van der Waals surface area contributed by atoms with Crippen molar-refractivity contribution in [1.82, 2.24) is 4.98 Å². The molecule has 0 radical (unpaired) electrons. The SMILES string of the molecule is CCOC(=O)c1ccc(NC(=O)c2cc(Nc3ccccc3C)ccn2)cc1. The van der Waals surface area contributed by atoms with Gasteiger partial charge in [0, 0.05) is 23.3 Å². The quantitative estimate of drug-likeness (QED) is 0.617. The van der Waals surface area contributed by atoms with E-state index in [2.05, 4.69) is 15.6 Å². The summed E-state index contributed by atoms with van der Waals surface area (Å²) in [5, 5.41) is 6.07. The maximum absolute atomic E-state index is 12.5. The number of aromatic nitrogens is 1. The van der Waals surface area contributed by atoms with Crippen LogP contribution < -0.4 is 10.6 Å². The van der Waals surface area contributed by atoms with Crippen LogP contribution in [0.3, 0.4) is 0 Å². The fraction of sp³-hybridized carbons (Fsp3) is 0.136. The number of rotatable bonds is 6. The molecule has 2 N–H and O–H groups in total. The lowest BCUT2D eigenvalue weighted by Gasteiger charge is -2.10. The van der Waals surface area contributed by atoms with E-state index in [1.165, 1.54) is 0 Å². The summed E-state index contributed by atoms with van der Waals surface area (Å²) in [4.78, 5) is 28.3. The van der Waals surface area contributed by atoms with E-state index in [4.69, 9.17) is 4.74 Å². The van der Waals surface area contributed by atoms with E-state index in [9.17, 15) is 9.59 Å². The van der Waals surface area contributed by atoms with Crippen LogP contribution in [0.2, 0.25) is 0 Å². The van der Waals surface area contributed by atoms with Gasteiger partial charge in [-0.05, 0) is 61.9 Å². The highest BCUT2D eigenvalue weighted by Crippen LogP contribution is 2.20. The summed E-state index contributed by atoms with van der Waals surface area (Å²) >= 11 is 0. The summed E-state index contributed by atoms with van der Waals surface area (Å²) in [6.45, 7) is 4.08. The fourth-order valence-electron chi connectivity index (χ4n) is 2.60. The minimum absolute atomic E-state index is 0.285. The number of benzene rings is 2. The smallest absolute Gasteiger partial charge is 0.338 e. The molecule has 2 aromatic carbocycles. The van der Waals surface area contributed by atoms with E-state index in [0.29, 0.717) is 17.9 Å². The number of nitrogens with one attached hydrogen (secondary N) is 2. The molecule has 0 saturated carbocycles. The first kappa shape index (κ1) is 19.1. The molecule has 0 atom stereocenters. The molecule has 0 bridgehead atoms. The molecule has 0 aliphatic rings. The van der Waals surface area contributed by atoms with Gasteiger partial charge in [-0.2, -0.15) is 0 Å². The van der Waals surface area contributed by atoms with Gasteiger partial charge in [0.25, 0.3) is 5.91 Å². The summed E-state index contributed by atoms with van der Waals surface area (Å²) in [7, 11) is 0. The Labute approximate surface area is 163 Å². The number of nitrogens with zero attached hydrogens (tertiary/aromatic N) is 1. The molecule has 3 aromatic rings. The molecule has 0 fully saturated rings. The third-order valence-electron chi connectivity index (χ3n) is 4.07. The van der Waals surface area contributed by atoms with Crippen LogP contribution in [0.5, 0.6) is 0 Å². The van der Waals surface area contributed by atoms with Crippen LogP contribution in [0.15, 0.2) is 66.9 Å². The molecule has 1 aromatic heterocycles. The molecule has 142 valence electrons. The number of carbonyl (C=O) groups excluding carboxylic acids is 2. The molecule has 1 heterocycles. The maximum Gasteiger partial charge on any atom is 0.338 e. The molecule has 28 heavy (non-hydrogen) atoms. The third-order valence-corrected chi connectivity index (χ3v) is 4.07. The second-order valence-corrected chi connectivity index (χ2v) is 6.12. The van der Waals surface area contributed by atoms with E-state index >= 15 is 0 Å². The molecule has 0 saturated heterocycles. The minimum atomic E-state index is -0.392. The van der Waals surface area contributed by atoms with Crippen molar-refractivity contribution in [3.8, 4) is 0 Å². The topological polar surface area (TPSA) is 80.3 Å². The maximum atomic E-state index is 12.5. The van der Waals surface area contributed by atoms with Crippen molar-refractivity contribution in [2.24, 2.45) is 0 Å². The number of anilines is 3. The van der Waals surface area contributed by atoms with Crippen molar-refractivity contribution in [2.45, 2.75) is 13.8 Å². The van der Waals surface area contributed by atoms with E-state index in [1.807, 2.05) is 31.2 Å². The molecule has 0 spiro atoms. The number of carbonyl (C=O) groups is 2. The van der Waals surface area contributed by atoms with Gasteiger partial charge in [0.2, 0.25) is 0 Å². The Kier molecular flexibility index (Phi) is 6.01. The molecular weight excluding hydrogens is 354 g/mol. The second kappa shape index (κ2) is 8.81. The Morgan fingerprint density at radius 2 is 1.75 bits per heavy atom. The molecule has 1 amide bonds. The minimum Gasteiger partial charge on any atom is -0.462 e. The Hall–Kier alpha value is -3.67. The fourth-order valence-corrected chi connectivity index (χ4v) is 2.60. The molecule has 0 unspecified atom stereocenters. The van der Waals surface area contributed by atoms with Crippen LogP contribution in [0.25, 0.3) is 0 Å². The number of para-hydroxylation sites is 1. The van der Waals surface area contributed by atoms with Gasteiger partial charge >= 0.3 is 5.97 Å². The lowest BCUT2D eigenvalue weighted by atomic mass is 10.2. The monoisotopic (exact) mass is 375 g/mol. The van der Waals surface area contributed by atoms with Gasteiger partial charge in [-0.25, -0.2) is 4.79 Å². The number of hydrogen-bond acceptors (Lipinski definition) is 5. The number of pyridine rings is 1. The van der Waals surface area contributed by atoms with E-state index < -0.39 is 5.97 Å². The number of aryl methyl sites for hydroxylation is 1. The van der Waals surface area contributed by atoms with Gasteiger partial charge < -0.3 is 15.4 Å². The lowest BCUT2D eigenvalue weighted by Crippen LogP contribution is -2.14. The summed E-state index contributed by atoms with van der Waals surface area (Å²) in [6, 6.07) is 17.9. The van der Waals surface area contributed by atoms with Crippen LogP contribution in [0, 0.1) is 6.92 Å². The molecule has 0 aliphatic heterocycles. The van der Waals surface area contributed by atoms with Gasteiger partial charge in [0.1, 0.15) is 5.69 Å². The highest BCUT2D eigenvalue weighted by molar-refractivity contribution is 6.03. The molecular formula is C22H21N3O3. The average Bonchev–Trinajstić information content (AvgIpc) is 2.71. The van der Waals surface area contributed by atoms with E-state index in [-0.39, 0.29) is 11.6 Å². The summed E-state index contributed by atoms with van der Waals surface area (Å²) in [5.74, 6) is -0.727. The number of hydrogen-bond donors (Lipinski definition) is 2. The Morgan fingerprint density at radius 3 is 2.46 bits per heavy atom. The molecule has 6 heteroatoms. The summed E-state index contributed by atoms with van der Waals surface area (Å²) in [6.07, 6.45) is 1.58. The zero-order valence-corrected chi connectivity index (χ0v) is 15.7. The summed E-state index contributed by atoms with van der Waals surface area (Å²) < 4.78 is 4.95. The van der Waals surface area contributed by atoms with Gasteiger partial charge in [-0.3, -0.25) is 9.78 Å². The first-order valence-electron chi connectivity index (χ1n) is 8.94. The summed E-state index contributed by atoms with van der Waals surface area (Å²) in [5.41, 5.74) is 4.13. The van der Waals surface area contributed by atoms with Crippen molar-refractivity contribution in [3.05, 3.63) is 83.7 Å². The predicted octanol–water partition coefficient (Wildman–Crippen LogP) is 4.56. The van der Waals surface area contributed by atoms with E-state index in [0.717, 1.165) is 16.9 Å². The van der Waals surface area contributed by atoms with Crippen molar-refractivity contribution >= 4 is 28.9 Å². The normalized spacial score (nSPS) is 10.2. The highest BCUT2D eigenvalue weighted by Gasteiger charge is 2.11. The molecule has 6 nitrogen and oxygen atoms in total. The number of amides is 1. The van der Waals surface area contributed by atoms with E-state index in [1.54, 1.807) is 49.5 Å².